The highest BCUT2D eigenvalue weighted by atomic mass is 32.2. The van der Waals surface area contributed by atoms with E-state index in [4.69, 9.17) is 5.73 Å². The molecule has 2 atom stereocenters. The van der Waals surface area contributed by atoms with Crippen LogP contribution in [0.25, 0.3) is 0 Å². The van der Waals surface area contributed by atoms with Gasteiger partial charge in [-0.05, 0) is 31.9 Å². The SMILES string of the molecule is CC(N)CCC(=O)NC(C)c1ccccc1NS(C)(=O)=O. The molecule has 0 saturated carbocycles. The Bertz CT molecular complexity index is 585. The third kappa shape index (κ3) is 6.59. The number of benzene rings is 1. The van der Waals surface area contributed by atoms with Crippen molar-refractivity contribution in [3.05, 3.63) is 29.8 Å². The van der Waals surface area contributed by atoms with Crippen LogP contribution in [0.3, 0.4) is 0 Å². The van der Waals surface area contributed by atoms with Gasteiger partial charge in [0.25, 0.3) is 0 Å². The van der Waals surface area contributed by atoms with E-state index in [2.05, 4.69) is 10.0 Å². The predicted molar refractivity (Wildman–Crippen MR) is 84.3 cm³/mol. The van der Waals surface area contributed by atoms with Crippen LogP contribution < -0.4 is 15.8 Å². The summed E-state index contributed by atoms with van der Waals surface area (Å²) in [4.78, 5) is 11.8. The molecule has 0 aliphatic carbocycles. The average Bonchev–Trinajstić information content (AvgIpc) is 2.35. The standard InChI is InChI=1S/C14H23N3O3S/c1-10(15)8-9-14(18)16-11(2)12-6-4-5-7-13(12)17-21(3,19)20/h4-7,10-11,17H,8-9,15H2,1-3H3,(H,16,18). The van der Waals surface area contributed by atoms with E-state index in [-0.39, 0.29) is 18.0 Å². The maximum atomic E-state index is 11.8. The van der Waals surface area contributed by atoms with E-state index in [0.717, 1.165) is 11.8 Å². The van der Waals surface area contributed by atoms with Gasteiger partial charge >= 0.3 is 0 Å². The lowest BCUT2D eigenvalue weighted by Crippen LogP contribution is -2.29. The van der Waals surface area contributed by atoms with Crippen LogP contribution in [0.5, 0.6) is 0 Å². The molecule has 0 fully saturated rings. The molecule has 1 rings (SSSR count). The second-order valence-corrected chi connectivity index (χ2v) is 7.02. The monoisotopic (exact) mass is 313 g/mol. The second kappa shape index (κ2) is 7.42. The minimum absolute atomic E-state index is 0.0229. The summed E-state index contributed by atoms with van der Waals surface area (Å²) >= 11 is 0. The molecule has 2 unspecified atom stereocenters. The van der Waals surface area contributed by atoms with E-state index < -0.39 is 10.0 Å². The third-order valence-corrected chi connectivity index (χ3v) is 3.52. The van der Waals surface area contributed by atoms with Gasteiger partial charge in [0.05, 0.1) is 18.0 Å². The molecule has 0 aromatic heterocycles. The lowest BCUT2D eigenvalue weighted by molar-refractivity contribution is -0.121. The normalized spacial score (nSPS) is 14.3. The largest absolute Gasteiger partial charge is 0.350 e. The number of sulfonamides is 1. The van der Waals surface area contributed by atoms with Crippen molar-refractivity contribution >= 4 is 21.6 Å². The first-order chi connectivity index (χ1) is 9.69. The Morgan fingerprint density at radius 3 is 2.48 bits per heavy atom. The van der Waals surface area contributed by atoms with E-state index in [9.17, 15) is 13.2 Å². The van der Waals surface area contributed by atoms with Gasteiger partial charge in [-0.1, -0.05) is 18.2 Å². The highest BCUT2D eigenvalue weighted by Gasteiger charge is 2.15. The van der Waals surface area contributed by atoms with Crippen LogP contribution in [0, 0.1) is 0 Å². The molecular formula is C14H23N3O3S. The molecule has 1 aromatic rings. The number of carbonyl (C=O) groups is 1. The lowest BCUT2D eigenvalue weighted by atomic mass is 10.1. The number of hydrogen-bond donors (Lipinski definition) is 3. The minimum atomic E-state index is -3.36. The summed E-state index contributed by atoms with van der Waals surface area (Å²) in [5, 5.41) is 2.85. The maximum Gasteiger partial charge on any atom is 0.229 e. The summed E-state index contributed by atoms with van der Waals surface area (Å²) in [7, 11) is -3.36. The van der Waals surface area contributed by atoms with Crippen LogP contribution in [0.4, 0.5) is 5.69 Å². The molecule has 118 valence electrons. The Hall–Kier alpha value is -1.60. The third-order valence-electron chi connectivity index (χ3n) is 2.93. The molecule has 7 heteroatoms. The van der Waals surface area contributed by atoms with Gasteiger partial charge in [-0.15, -0.1) is 0 Å². The number of rotatable bonds is 7. The molecule has 6 nitrogen and oxygen atoms in total. The van der Waals surface area contributed by atoms with E-state index in [1.54, 1.807) is 24.3 Å². The minimum Gasteiger partial charge on any atom is -0.350 e. The second-order valence-electron chi connectivity index (χ2n) is 5.27. The Morgan fingerprint density at radius 2 is 1.90 bits per heavy atom. The Kier molecular flexibility index (Phi) is 6.17. The quantitative estimate of drug-likeness (QED) is 0.707. The number of amides is 1. The molecule has 1 amide bonds. The van der Waals surface area contributed by atoms with Crippen molar-refractivity contribution in [3.8, 4) is 0 Å². The van der Waals surface area contributed by atoms with Gasteiger partial charge in [0.1, 0.15) is 0 Å². The van der Waals surface area contributed by atoms with Gasteiger partial charge in [0.15, 0.2) is 0 Å². The van der Waals surface area contributed by atoms with Crippen molar-refractivity contribution in [1.82, 2.24) is 5.32 Å². The van der Waals surface area contributed by atoms with Gasteiger partial charge in [0.2, 0.25) is 15.9 Å². The number of hydrogen-bond acceptors (Lipinski definition) is 4. The fraction of sp³-hybridized carbons (Fsp3) is 0.500. The topological polar surface area (TPSA) is 101 Å². The van der Waals surface area contributed by atoms with Crippen LogP contribution in [-0.2, 0) is 14.8 Å². The van der Waals surface area contributed by atoms with E-state index in [1.807, 2.05) is 13.8 Å². The van der Waals surface area contributed by atoms with Crippen molar-refractivity contribution < 1.29 is 13.2 Å². The smallest absolute Gasteiger partial charge is 0.229 e. The number of para-hydroxylation sites is 1. The van der Waals surface area contributed by atoms with Gasteiger partial charge in [-0.3, -0.25) is 9.52 Å². The molecule has 0 aliphatic heterocycles. The number of nitrogens with two attached hydrogens (primary N) is 1. The van der Waals surface area contributed by atoms with E-state index in [1.165, 1.54) is 0 Å². The fourth-order valence-corrected chi connectivity index (χ4v) is 2.50. The molecule has 0 aliphatic rings. The van der Waals surface area contributed by atoms with Crippen molar-refractivity contribution in [2.75, 3.05) is 11.0 Å². The van der Waals surface area contributed by atoms with Crippen LogP contribution in [-0.4, -0.2) is 26.6 Å². The molecule has 21 heavy (non-hydrogen) atoms. The maximum absolute atomic E-state index is 11.8. The number of nitrogens with one attached hydrogen (secondary N) is 2. The molecule has 0 heterocycles. The van der Waals surface area contributed by atoms with Crippen molar-refractivity contribution in [2.45, 2.75) is 38.8 Å². The summed E-state index contributed by atoms with van der Waals surface area (Å²) in [5.41, 5.74) is 6.81. The molecular weight excluding hydrogens is 290 g/mol. The summed E-state index contributed by atoms with van der Waals surface area (Å²) in [6, 6.07) is 6.67. The Balaban J connectivity index is 2.78. The van der Waals surface area contributed by atoms with Gasteiger partial charge in [-0.2, -0.15) is 0 Å². The van der Waals surface area contributed by atoms with Gasteiger partial charge < -0.3 is 11.1 Å². The first-order valence-corrected chi connectivity index (χ1v) is 8.70. The Labute approximate surface area is 126 Å². The average molecular weight is 313 g/mol. The van der Waals surface area contributed by atoms with Crippen LogP contribution in [0.1, 0.15) is 38.3 Å². The van der Waals surface area contributed by atoms with E-state index in [0.29, 0.717) is 18.5 Å². The molecule has 0 spiro atoms. The Morgan fingerprint density at radius 1 is 1.29 bits per heavy atom. The van der Waals surface area contributed by atoms with Crippen molar-refractivity contribution in [1.29, 1.82) is 0 Å². The van der Waals surface area contributed by atoms with Crippen LogP contribution in [0.15, 0.2) is 24.3 Å². The van der Waals surface area contributed by atoms with Crippen LogP contribution >= 0.6 is 0 Å². The van der Waals surface area contributed by atoms with Crippen LogP contribution in [0.2, 0.25) is 0 Å². The number of carbonyl (C=O) groups excluding carboxylic acids is 1. The summed E-state index contributed by atoms with van der Waals surface area (Å²) in [6.45, 7) is 3.66. The first-order valence-electron chi connectivity index (χ1n) is 6.80. The molecule has 0 saturated heterocycles. The zero-order valence-electron chi connectivity index (χ0n) is 12.6. The summed E-state index contributed by atoms with van der Waals surface area (Å²) < 4.78 is 25.2. The zero-order valence-corrected chi connectivity index (χ0v) is 13.4. The number of anilines is 1. The molecule has 4 N–H and O–H groups in total. The zero-order chi connectivity index (χ0) is 16.0. The molecule has 0 radical (unpaired) electrons. The van der Waals surface area contributed by atoms with Gasteiger partial charge in [0, 0.05) is 12.5 Å². The van der Waals surface area contributed by atoms with Crippen molar-refractivity contribution in [3.63, 3.8) is 0 Å². The summed E-state index contributed by atoms with van der Waals surface area (Å²) in [5.74, 6) is -0.103. The molecule has 1 aromatic carbocycles. The van der Waals surface area contributed by atoms with Crippen molar-refractivity contribution in [2.24, 2.45) is 5.73 Å². The lowest BCUT2D eigenvalue weighted by Gasteiger charge is -2.18. The predicted octanol–water partition coefficient (Wildman–Crippen LogP) is 1.36. The van der Waals surface area contributed by atoms with Gasteiger partial charge in [-0.25, -0.2) is 8.42 Å². The highest BCUT2D eigenvalue weighted by Crippen LogP contribution is 2.23. The fourth-order valence-electron chi connectivity index (χ4n) is 1.92. The molecule has 0 bridgehead atoms. The first kappa shape index (κ1) is 17.5. The summed E-state index contributed by atoms with van der Waals surface area (Å²) in [6.07, 6.45) is 2.06. The highest BCUT2D eigenvalue weighted by molar-refractivity contribution is 7.92. The van der Waals surface area contributed by atoms with E-state index >= 15 is 0 Å².